The first-order chi connectivity index (χ1) is 11.6. The van der Waals surface area contributed by atoms with Gasteiger partial charge in [0.25, 0.3) is 0 Å². The SMILES string of the molecule is COc1ccccc1CCNCCC(=O)Nc1ccc(Br)cc1C. The Morgan fingerprint density at radius 2 is 1.96 bits per heavy atom. The van der Waals surface area contributed by atoms with E-state index >= 15 is 0 Å². The normalized spacial score (nSPS) is 10.5. The summed E-state index contributed by atoms with van der Waals surface area (Å²) in [4.78, 5) is 12.0. The Morgan fingerprint density at radius 1 is 1.17 bits per heavy atom. The number of amides is 1. The second-order valence-electron chi connectivity index (χ2n) is 5.57. The van der Waals surface area contributed by atoms with E-state index in [-0.39, 0.29) is 5.91 Å². The van der Waals surface area contributed by atoms with Crippen LogP contribution in [0.25, 0.3) is 0 Å². The van der Waals surface area contributed by atoms with Crippen LogP contribution in [0.5, 0.6) is 5.75 Å². The molecule has 0 saturated heterocycles. The molecule has 2 rings (SSSR count). The minimum absolute atomic E-state index is 0.0187. The highest BCUT2D eigenvalue weighted by molar-refractivity contribution is 9.10. The van der Waals surface area contributed by atoms with Gasteiger partial charge in [-0.1, -0.05) is 34.1 Å². The summed E-state index contributed by atoms with van der Waals surface area (Å²) in [6.45, 7) is 3.44. The van der Waals surface area contributed by atoms with Gasteiger partial charge >= 0.3 is 0 Å². The zero-order valence-electron chi connectivity index (χ0n) is 14.1. The van der Waals surface area contributed by atoms with Gasteiger partial charge in [-0.3, -0.25) is 4.79 Å². The predicted molar refractivity (Wildman–Crippen MR) is 102 cm³/mol. The third-order valence-electron chi connectivity index (χ3n) is 3.76. The fraction of sp³-hybridized carbons (Fsp3) is 0.316. The molecule has 128 valence electrons. The van der Waals surface area contributed by atoms with Crippen LogP contribution in [-0.2, 0) is 11.2 Å². The van der Waals surface area contributed by atoms with Crippen LogP contribution in [0.3, 0.4) is 0 Å². The molecule has 0 atom stereocenters. The number of aryl methyl sites for hydroxylation is 1. The highest BCUT2D eigenvalue weighted by Crippen LogP contribution is 2.20. The monoisotopic (exact) mass is 390 g/mol. The number of halogens is 1. The Balaban J connectivity index is 1.69. The van der Waals surface area contributed by atoms with Crippen molar-refractivity contribution in [2.45, 2.75) is 19.8 Å². The summed E-state index contributed by atoms with van der Waals surface area (Å²) in [6, 6.07) is 13.8. The van der Waals surface area contributed by atoms with Crippen LogP contribution in [-0.4, -0.2) is 26.1 Å². The molecule has 2 aromatic rings. The maximum absolute atomic E-state index is 12.0. The summed E-state index contributed by atoms with van der Waals surface area (Å²) in [6.07, 6.45) is 1.32. The number of rotatable bonds is 8. The van der Waals surface area contributed by atoms with E-state index in [1.54, 1.807) is 7.11 Å². The van der Waals surface area contributed by atoms with E-state index in [2.05, 4.69) is 32.6 Å². The first kappa shape index (κ1) is 18.5. The van der Waals surface area contributed by atoms with E-state index in [0.717, 1.165) is 34.4 Å². The minimum atomic E-state index is 0.0187. The van der Waals surface area contributed by atoms with Crippen molar-refractivity contribution in [2.24, 2.45) is 0 Å². The molecule has 1 amide bonds. The number of benzene rings is 2. The van der Waals surface area contributed by atoms with Crippen molar-refractivity contribution in [3.05, 3.63) is 58.1 Å². The number of methoxy groups -OCH3 is 1. The summed E-state index contributed by atoms with van der Waals surface area (Å²) < 4.78 is 6.34. The van der Waals surface area contributed by atoms with Gasteiger partial charge in [0.05, 0.1) is 7.11 Å². The fourth-order valence-corrected chi connectivity index (χ4v) is 2.92. The Bertz CT molecular complexity index is 689. The van der Waals surface area contributed by atoms with Gasteiger partial charge in [0.1, 0.15) is 5.75 Å². The summed E-state index contributed by atoms with van der Waals surface area (Å²) in [5.41, 5.74) is 3.07. The average molecular weight is 391 g/mol. The molecule has 2 N–H and O–H groups in total. The summed E-state index contributed by atoms with van der Waals surface area (Å²) in [5, 5.41) is 6.25. The van der Waals surface area contributed by atoms with Crippen LogP contribution in [0.4, 0.5) is 5.69 Å². The lowest BCUT2D eigenvalue weighted by Gasteiger charge is -2.10. The zero-order valence-corrected chi connectivity index (χ0v) is 15.7. The fourth-order valence-electron chi connectivity index (χ4n) is 2.44. The maximum Gasteiger partial charge on any atom is 0.225 e. The molecule has 0 saturated carbocycles. The van der Waals surface area contributed by atoms with Crippen LogP contribution >= 0.6 is 15.9 Å². The van der Waals surface area contributed by atoms with Crippen molar-refractivity contribution in [1.82, 2.24) is 5.32 Å². The van der Waals surface area contributed by atoms with E-state index in [4.69, 9.17) is 4.74 Å². The van der Waals surface area contributed by atoms with Crippen LogP contribution in [0.1, 0.15) is 17.5 Å². The molecule has 0 aromatic heterocycles. The van der Waals surface area contributed by atoms with Gasteiger partial charge in [0.2, 0.25) is 5.91 Å². The Morgan fingerprint density at radius 3 is 2.71 bits per heavy atom. The van der Waals surface area contributed by atoms with Gasteiger partial charge in [-0.25, -0.2) is 0 Å². The number of ether oxygens (including phenoxy) is 1. The quantitative estimate of drug-likeness (QED) is 0.671. The first-order valence-electron chi connectivity index (χ1n) is 7.99. The molecule has 4 nitrogen and oxygen atoms in total. The Labute approximate surface area is 151 Å². The molecule has 0 aliphatic heterocycles. The van der Waals surface area contributed by atoms with Crippen molar-refractivity contribution in [2.75, 3.05) is 25.5 Å². The molecule has 0 aliphatic rings. The van der Waals surface area contributed by atoms with E-state index in [0.29, 0.717) is 13.0 Å². The molecule has 0 unspecified atom stereocenters. The standard InChI is InChI=1S/C19H23BrN2O2/c1-14-13-16(20)7-8-17(14)22-19(23)10-12-21-11-9-15-5-3-4-6-18(15)24-2/h3-8,13,21H,9-12H2,1-2H3,(H,22,23). The summed E-state index contributed by atoms with van der Waals surface area (Å²) >= 11 is 3.42. The van der Waals surface area contributed by atoms with Gasteiger partial charge in [-0.05, 0) is 55.3 Å². The summed E-state index contributed by atoms with van der Waals surface area (Å²) in [7, 11) is 1.68. The number of carbonyl (C=O) groups excluding carboxylic acids is 1. The van der Waals surface area contributed by atoms with E-state index in [1.165, 1.54) is 5.56 Å². The third kappa shape index (κ3) is 5.65. The number of hydrogen-bond acceptors (Lipinski definition) is 3. The van der Waals surface area contributed by atoms with Gasteiger partial charge in [-0.2, -0.15) is 0 Å². The predicted octanol–water partition coefficient (Wildman–Crippen LogP) is 3.93. The first-order valence-corrected chi connectivity index (χ1v) is 8.78. The van der Waals surface area contributed by atoms with Crippen LogP contribution in [0.2, 0.25) is 0 Å². The second-order valence-corrected chi connectivity index (χ2v) is 6.48. The number of nitrogens with one attached hydrogen (secondary N) is 2. The van der Waals surface area contributed by atoms with Gasteiger partial charge in [0, 0.05) is 23.1 Å². The molecule has 0 fully saturated rings. The van der Waals surface area contributed by atoms with Crippen LogP contribution < -0.4 is 15.4 Å². The van der Waals surface area contributed by atoms with Crippen LogP contribution in [0, 0.1) is 6.92 Å². The van der Waals surface area contributed by atoms with E-state index < -0.39 is 0 Å². The molecule has 2 aromatic carbocycles. The maximum atomic E-state index is 12.0. The van der Waals surface area contributed by atoms with Crippen LogP contribution in [0.15, 0.2) is 46.9 Å². The highest BCUT2D eigenvalue weighted by Gasteiger charge is 2.05. The van der Waals surface area contributed by atoms with Crippen molar-refractivity contribution >= 4 is 27.5 Å². The molecule has 0 radical (unpaired) electrons. The lowest BCUT2D eigenvalue weighted by atomic mass is 10.1. The number of hydrogen-bond donors (Lipinski definition) is 2. The lowest BCUT2D eigenvalue weighted by molar-refractivity contribution is -0.116. The second kappa shape index (κ2) is 9.45. The molecule has 0 bridgehead atoms. The van der Waals surface area contributed by atoms with Crippen molar-refractivity contribution in [3.8, 4) is 5.75 Å². The lowest BCUT2D eigenvalue weighted by Crippen LogP contribution is -2.23. The Kier molecular flexibility index (Phi) is 7.28. The number of anilines is 1. The molecular weight excluding hydrogens is 368 g/mol. The average Bonchev–Trinajstić information content (AvgIpc) is 2.57. The number of para-hydroxylation sites is 1. The topological polar surface area (TPSA) is 50.4 Å². The molecule has 5 heteroatoms. The number of carbonyl (C=O) groups is 1. The largest absolute Gasteiger partial charge is 0.496 e. The van der Waals surface area contributed by atoms with Gasteiger partial charge in [-0.15, -0.1) is 0 Å². The van der Waals surface area contributed by atoms with E-state index in [9.17, 15) is 4.79 Å². The van der Waals surface area contributed by atoms with E-state index in [1.807, 2.05) is 43.3 Å². The summed E-state index contributed by atoms with van der Waals surface area (Å²) in [5.74, 6) is 0.924. The molecule has 24 heavy (non-hydrogen) atoms. The molecule has 0 aliphatic carbocycles. The van der Waals surface area contributed by atoms with Gasteiger partial charge in [0.15, 0.2) is 0 Å². The van der Waals surface area contributed by atoms with Crippen molar-refractivity contribution in [3.63, 3.8) is 0 Å². The zero-order chi connectivity index (χ0) is 17.4. The molecule has 0 heterocycles. The molecule has 0 spiro atoms. The molecular formula is C19H23BrN2O2. The van der Waals surface area contributed by atoms with Gasteiger partial charge < -0.3 is 15.4 Å². The van der Waals surface area contributed by atoms with Crippen molar-refractivity contribution in [1.29, 1.82) is 0 Å². The minimum Gasteiger partial charge on any atom is -0.496 e. The third-order valence-corrected chi connectivity index (χ3v) is 4.25. The smallest absolute Gasteiger partial charge is 0.225 e. The van der Waals surface area contributed by atoms with Crippen molar-refractivity contribution < 1.29 is 9.53 Å². The Hall–Kier alpha value is -1.85. The highest BCUT2D eigenvalue weighted by atomic mass is 79.9.